The molecule has 0 radical (unpaired) electrons. The number of rotatable bonds is 2. The predicted octanol–water partition coefficient (Wildman–Crippen LogP) is 3.50. The van der Waals surface area contributed by atoms with Gasteiger partial charge in [0.05, 0.1) is 11.4 Å². The average molecular weight is 233 g/mol. The molecule has 1 aliphatic rings. The second kappa shape index (κ2) is 5.89. The molecule has 3 heteroatoms. The van der Waals surface area contributed by atoms with Crippen molar-refractivity contribution in [1.29, 1.82) is 0 Å². The van der Waals surface area contributed by atoms with E-state index in [1.807, 2.05) is 19.1 Å². The highest BCUT2D eigenvalue weighted by Crippen LogP contribution is 2.21. The zero-order valence-corrected chi connectivity index (χ0v) is 10.7. The van der Waals surface area contributed by atoms with E-state index in [2.05, 4.69) is 10.3 Å². The van der Waals surface area contributed by atoms with E-state index in [9.17, 15) is 0 Å². The molecule has 3 nitrogen and oxygen atoms in total. The summed E-state index contributed by atoms with van der Waals surface area (Å²) in [6.07, 6.45) is 9.39. The van der Waals surface area contributed by atoms with Crippen molar-refractivity contribution in [2.24, 2.45) is 0 Å². The molecule has 0 unspecified atom stereocenters. The Balaban J connectivity index is 1.95. The Morgan fingerprint density at radius 2 is 1.76 bits per heavy atom. The van der Waals surface area contributed by atoms with E-state index in [1.54, 1.807) is 0 Å². The Morgan fingerprint density at radius 1 is 1.12 bits per heavy atom. The molecule has 0 aliphatic heterocycles. The Bertz CT molecular complexity index is 354. The van der Waals surface area contributed by atoms with Crippen LogP contribution in [0.4, 0.5) is 11.5 Å². The van der Waals surface area contributed by atoms with Gasteiger partial charge in [-0.15, -0.1) is 0 Å². The second-order valence-electron chi connectivity index (χ2n) is 5.06. The minimum atomic E-state index is 0.589. The lowest BCUT2D eigenvalue weighted by Crippen LogP contribution is -2.21. The fraction of sp³-hybridized carbons (Fsp3) is 0.643. The second-order valence-corrected chi connectivity index (χ2v) is 5.06. The van der Waals surface area contributed by atoms with E-state index >= 15 is 0 Å². The van der Waals surface area contributed by atoms with Crippen molar-refractivity contribution in [2.75, 3.05) is 11.1 Å². The van der Waals surface area contributed by atoms with E-state index in [0.29, 0.717) is 6.04 Å². The topological polar surface area (TPSA) is 50.9 Å². The van der Waals surface area contributed by atoms with Crippen molar-refractivity contribution >= 4 is 11.5 Å². The third-order valence-electron chi connectivity index (χ3n) is 3.58. The van der Waals surface area contributed by atoms with Gasteiger partial charge >= 0.3 is 0 Å². The van der Waals surface area contributed by atoms with Gasteiger partial charge in [0.15, 0.2) is 0 Å². The van der Waals surface area contributed by atoms with E-state index in [0.717, 1.165) is 17.2 Å². The lowest BCUT2D eigenvalue weighted by molar-refractivity contribution is 0.470. The number of aryl methyl sites for hydroxylation is 1. The van der Waals surface area contributed by atoms with Crippen LogP contribution >= 0.6 is 0 Å². The predicted molar refractivity (Wildman–Crippen MR) is 73.1 cm³/mol. The molecule has 1 fully saturated rings. The monoisotopic (exact) mass is 233 g/mol. The van der Waals surface area contributed by atoms with Gasteiger partial charge in [0, 0.05) is 6.04 Å². The highest BCUT2D eigenvalue weighted by Gasteiger charge is 2.11. The minimum Gasteiger partial charge on any atom is -0.397 e. The van der Waals surface area contributed by atoms with Crippen molar-refractivity contribution in [1.82, 2.24) is 4.98 Å². The first-order valence-electron chi connectivity index (χ1n) is 6.75. The number of nitrogens with zero attached hydrogens (tertiary/aromatic N) is 1. The quantitative estimate of drug-likeness (QED) is 0.822. The smallest absolute Gasteiger partial charge is 0.126 e. The molecule has 1 heterocycles. The number of hydrogen-bond acceptors (Lipinski definition) is 3. The summed E-state index contributed by atoms with van der Waals surface area (Å²) < 4.78 is 0. The Labute approximate surface area is 104 Å². The summed E-state index contributed by atoms with van der Waals surface area (Å²) >= 11 is 0. The molecule has 2 rings (SSSR count). The Hall–Kier alpha value is -1.25. The first kappa shape index (κ1) is 12.2. The highest BCUT2D eigenvalue weighted by molar-refractivity contribution is 5.49. The number of nitrogens with one attached hydrogen (secondary N) is 1. The summed E-state index contributed by atoms with van der Waals surface area (Å²) in [6, 6.07) is 4.51. The molecule has 0 aromatic carbocycles. The van der Waals surface area contributed by atoms with Crippen LogP contribution in [0, 0.1) is 6.92 Å². The molecule has 0 bridgehead atoms. The third kappa shape index (κ3) is 3.62. The number of aromatic nitrogens is 1. The van der Waals surface area contributed by atoms with Gasteiger partial charge in [-0.2, -0.15) is 0 Å². The van der Waals surface area contributed by atoms with Gasteiger partial charge in [0.25, 0.3) is 0 Å². The largest absolute Gasteiger partial charge is 0.397 e. The van der Waals surface area contributed by atoms with Crippen LogP contribution in [-0.4, -0.2) is 11.0 Å². The normalized spacial score (nSPS) is 18.4. The summed E-state index contributed by atoms with van der Waals surface area (Å²) in [6.45, 7) is 1.96. The molecule has 3 N–H and O–H groups in total. The van der Waals surface area contributed by atoms with E-state index < -0.39 is 0 Å². The number of nitrogens with two attached hydrogens (primary N) is 1. The van der Waals surface area contributed by atoms with Gasteiger partial charge in [0.2, 0.25) is 0 Å². The summed E-state index contributed by atoms with van der Waals surface area (Å²) in [7, 11) is 0. The maximum Gasteiger partial charge on any atom is 0.126 e. The summed E-state index contributed by atoms with van der Waals surface area (Å²) in [5.41, 5.74) is 7.47. The summed E-state index contributed by atoms with van der Waals surface area (Å²) in [4.78, 5) is 4.48. The van der Waals surface area contributed by atoms with Gasteiger partial charge < -0.3 is 11.1 Å². The average Bonchev–Trinajstić information content (AvgIpc) is 2.27. The Morgan fingerprint density at radius 3 is 2.41 bits per heavy atom. The maximum absolute atomic E-state index is 5.78. The van der Waals surface area contributed by atoms with E-state index in [1.165, 1.54) is 44.9 Å². The molecular weight excluding hydrogens is 210 g/mol. The molecule has 94 valence electrons. The van der Waals surface area contributed by atoms with Gasteiger partial charge in [-0.25, -0.2) is 4.98 Å². The molecule has 0 amide bonds. The van der Waals surface area contributed by atoms with Crippen LogP contribution in [0.2, 0.25) is 0 Å². The summed E-state index contributed by atoms with van der Waals surface area (Å²) in [5, 5.41) is 3.55. The van der Waals surface area contributed by atoms with Crippen LogP contribution in [0.25, 0.3) is 0 Å². The zero-order valence-electron chi connectivity index (χ0n) is 10.7. The lowest BCUT2D eigenvalue weighted by Gasteiger charge is -2.21. The van der Waals surface area contributed by atoms with Crippen molar-refractivity contribution < 1.29 is 0 Å². The number of anilines is 2. The van der Waals surface area contributed by atoms with Crippen LogP contribution in [0.1, 0.15) is 50.6 Å². The molecule has 1 saturated carbocycles. The van der Waals surface area contributed by atoms with Crippen LogP contribution in [-0.2, 0) is 0 Å². The zero-order chi connectivity index (χ0) is 12.1. The molecular formula is C14H23N3. The fourth-order valence-electron chi connectivity index (χ4n) is 2.46. The standard InChI is InChI=1S/C14H23N3/c1-11-13(15)9-10-14(16-11)17-12-7-5-3-2-4-6-8-12/h9-10,12H,2-8,15H2,1H3,(H,16,17). The maximum atomic E-state index is 5.78. The van der Waals surface area contributed by atoms with Crippen molar-refractivity contribution in [3.05, 3.63) is 17.8 Å². The van der Waals surface area contributed by atoms with Crippen LogP contribution in [0.5, 0.6) is 0 Å². The number of pyridine rings is 1. The van der Waals surface area contributed by atoms with Crippen molar-refractivity contribution in [3.63, 3.8) is 0 Å². The van der Waals surface area contributed by atoms with Gasteiger partial charge in [-0.1, -0.05) is 32.1 Å². The molecule has 1 aromatic rings. The van der Waals surface area contributed by atoms with Gasteiger partial charge in [-0.05, 0) is 31.9 Å². The molecule has 17 heavy (non-hydrogen) atoms. The molecule has 0 saturated heterocycles. The van der Waals surface area contributed by atoms with E-state index in [4.69, 9.17) is 5.73 Å². The SMILES string of the molecule is Cc1nc(NC2CCCCCCC2)ccc1N. The third-order valence-corrected chi connectivity index (χ3v) is 3.58. The van der Waals surface area contributed by atoms with Crippen LogP contribution < -0.4 is 11.1 Å². The Kier molecular flexibility index (Phi) is 4.24. The molecule has 0 spiro atoms. The highest BCUT2D eigenvalue weighted by atomic mass is 15.0. The van der Waals surface area contributed by atoms with Crippen molar-refractivity contribution in [3.8, 4) is 0 Å². The minimum absolute atomic E-state index is 0.589. The van der Waals surface area contributed by atoms with E-state index in [-0.39, 0.29) is 0 Å². The summed E-state index contributed by atoms with van der Waals surface area (Å²) in [5.74, 6) is 0.974. The molecule has 1 aliphatic carbocycles. The van der Waals surface area contributed by atoms with Gasteiger partial charge in [-0.3, -0.25) is 0 Å². The number of nitrogen functional groups attached to an aromatic ring is 1. The number of hydrogen-bond donors (Lipinski definition) is 2. The fourth-order valence-corrected chi connectivity index (χ4v) is 2.46. The van der Waals surface area contributed by atoms with Gasteiger partial charge in [0.1, 0.15) is 5.82 Å². The van der Waals surface area contributed by atoms with Crippen molar-refractivity contribution in [2.45, 2.75) is 57.9 Å². The van der Waals surface area contributed by atoms with Crippen LogP contribution in [0.15, 0.2) is 12.1 Å². The lowest BCUT2D eigenvalue weighted by atomic mass is 9.97. The first-order valence-corrected chi connectivity index (χ1v) is 6.75. The molecule has 1 aromatic heterocycles. The van der Waals surface area contributed by atoms with Crippen LogP contribution in [0.3, 0.4) is 0 Å². The molecule has 0 atom stereocenters. The first-order chi connectivity index (χ1) is 8.25.